The van der Waals surface area contributed by atoms with E-state index in [9.17, 15) is 9.36 Å². The lowest BCUT2D eigenvalue weighted by atomic mass is 10.8. The zero-order valence-electron chi connectivity index (χ0n) is 4.93. The van der Waals surface area contributed by atoms with Crippen LogP contribution in [0.4, 0.5) is 0 Å². The van der Waals surface area contributed by atoms with Crippen molar-refractivity contribution in [2.75, 3.05) is 19.9 Å². The van der Waals surface area contributed by atoms with Crippen molar-refractivity contribution in [3.63, 3.8) is 0 Å². The first-order valence-corrected chi connectivity index (χ1v) is 4.34. The second-order valence-electron chi connectivity index (χ2n) is 1.45. The molecule has 0 amide bonds. The lowest BCUT2D eigenvalue weighted by Crippen LogP contribution is -2.02. The van der Waals surface area contributed by atoms with Crippen LogP contribution in [-0.2, 0) is 14.1 Å². The van der Waals surface area contributed by atoms with E-state index in [4.69, 9.17) is 0 Å². The van der Waals surface area contributed by atoms with Crippen LogP contribution in [0.5, 0.6) is 0 Å². The van der Waals surface area contributed by atoms with Gasteiger partial charge in [0.1, 0.15) is 0 Å². The van der Waals surface area contributed by atoms with Gasteiger partial charge in [0.05, 0.1) is 21.1 Å². The number of methoxy groups -OCH3 is 1. The van der Waals surface area contributed by atoms with Crippen molar-refractivity contribution < 1.29 is 14.1 Å². The third-order valence-corrected chi connectivity index (χ3v) is 1.41. The summed E-state index contributed by atoms with van der Waals surface area (Å²) in [7, 11) is -0.386. The summed E-state index contributed by atoms with van der Waals surface area (Å²) in [5.41, 5.74) is 0. The smallest absolute Gasteiger partial charge is 0.312 e. The molecule has 4 heteroatoms. The Labute approximate surface area is 48.8 Å². The van der Waals surface area contributed by atoms with E-state index < -0.39 is 13.8 Å². The Hall–Kier alpha value is -0.300. The number of ether oxygens (including phenoxy) is 1. The summed E-state index contributed by atoms with van der Waals surface area (Å²) in [6, 6.07) is 0. The van der Waals surface area contributed by atoms with Gasteiger partial charge in [-0.1, -0.05) is 0 Å². The van der Waals surface area contributed by atoms with Crippen LogP contribution in [0.25, 0.3) is 0 Å². The number of rotatable bonds is 2. The predicted molar refractivity (Wildman–Crippen MR) is 31.8 cm³/mol. The number of hydrogen-bond acceptors (Lipinski definition) is 3. The molecule has 0 aromatic rings. The Kier molecular flexibility index (Phi) is 3.53. The fourth-order valence-corrected chi connectivity index (χ4v) is 0.826. The quantitative estimate of drug-likeness (QED) is 0.406. The van der Waals surface area contributed by atoms with Gasteiger partial charge in [0.15, 0.2) is 0 Å². The summed E-state index contributed by atoms with van der Waals surface area (Å²) in [5, 5.41) is 0. The summed E-state index contributed by atoms with van der Waals surface area (Å²) in [6.45, 7) is 1.53. The first-order valence-electron chi connectivity index (χ1n) is 2.23. The third-order valence-electron chi connectivity index (χ3n) is 0.621. The third kappa shape index (κ3) is 3.88. The summed E-state index contributed by atoms with van der Waals surface area (Å²) >= 11 is 0. The number of esters is 1. The van der Waals surface area contributed by atoms with Crippen molar-refractivity contribution in [3.8, 4) is 0 Å². The van der Waals surface area contributed by atoms with Gasteiger partial charge < -0.3 is 9.30 Å². The van der Waals surface area contributed by atoms with Crippen molar-refractivity contribution in [1.82, 2.24) is 0 Å². The molecule has 0 aromatic carbocycles. The van der Waals surface area contributed by atoms with E-state index in [0.29, 0.717) is 0 Å². The second-order valence-corrected chi connectivity index (χ2v) is 3.21. The topological polar surface area (TPSA) is 43.4 Å². The molecule has 0 fully saturated rings. The molecule has 0 heterocycles. The molecule has 0 rings (SSSR count). The molecule has 1 unspecified atom stereocenters. The molecule has 0 spiro atoms. The second kappa shape index (κ2) is 3.67. The average Bonchev–Trinajstić information content (AvgIpc) is 1.65. The molecule has 0 radical (unpaired) electrons. The van der Waals surface area contributed by atoms with Gasteiger partial charge in [-0.3, -0.25) is 4.79 Å². The fourth-order valence-electron chi connectivity index (χ4n) is 0.275. The summed E-state index contributed by atoms with van der Waals surface area (Å²) in [6.07, 6.45) is 0.0706. The normalized spacial score (nSPS) is 12.8. The first-order chi connectivity index (χ1) is 3.66. The highest BCUT2D eigenvalue weighted by Crippen LogP contribution is 2.11. The van der Waals surface area contributed by atoms with E-state index in [1.54, 1.807) is 0 Å². The Balaban J connectivity index is 3.40. The van der Waals surface area contributed by atoms with Crippen LogP contribution >= 0.6 is 7.80 Å². The predicted octanol–water partition coefficient (Wildman–Crippen LogP) is 0.349. The number of hydrogen-bond donors (Lipinski definition) is 0. The van der Waals surface area contributed by atoms with E-state index >= 15 is 0 Å². The minimum Gasteiger partial charge on any atom is -0.469 e. The zero-order valence-corrected chi connectivity index (χ0v) is 5.93. The van der Waals surface area contributed by atoms with Crippen LogP contribution in [0.15, 0.2) is 0 Å². The minimum absolute atomic E-state index is 0.0706. The van der Waals surface area contributed by atoms with Crippen LogP contribution < -0.4 is 0 Å². The molecular weight excluding hydrogens is 127 g/mol. The number of carbonyl (C=O) groups is 1. The minimum atomic E-state index is -1.67. The molecule has 8 heavy (non-hydrogen) atoms. The summed E-state index contributed by atoms with van der Waals surface area (Å²) in [5.74, 6) is -0.392. The highest BCUT2D eigenvalue weighted by atomic mass is 31.1. The lowest BCUT2D eigenvalue weighted by Gasteiger charge is -1.91. The molecule has 0 N–H and O–H groups in total. The summed E-state index contributed by atoms with van der Waals surface area (Å²) < 4.78 is 14.5. The molecule has 0 aliphatic heterocycles. The molecule has 0 saturated carbocycles. The van der Waals surface area contributed by atoms with Gasteiger partial charge in [0, 0.05) is 0 Å². The summed E-state index contributed by atoms with van der Waals surface area (Å²) in [4.78, 5) is 10.2. The maximum Gasteiger partial charge on any atom is 0.312 e. The van der Waals surface area contributed by atoms with Gasteiger partial charge >= 0.3 is 5.97 Å². The van der Waals surface area contributed by atoms with E-state index in [1.807, 2.05) is 0 Å². The molecule has 0 bridgehead atoms. The molecular formula is C4H9O3P. The van der Waals surface area contributed by atoms with Crippen molar-refractivity contribution in [2.24, 2.45) is 0 Å². The molecule has 0 aliphatic carbocycles. The van der Waals surface area contributed by atoms with Gasteiger partial charge in [-0.05, 0) is 6.66 Å². The monoisotopic (exact) mass is 136 g/mol. The molecule has 0 aliphatic rings. The van der Waals surface area contributed by atoms with Gasteiger partial charge in [-0.15, -0.1) is 0 Å². The Morgan fingerprint density at radius 1 is 1.75 bits per heavy atom. The van der Waals surface area contributed by atoms with E-state index in [1.165, 1.54) is 13.8 Å². The van der Waals surface area contributed by atoms with Crippen molar-refractivity contribution >= 4 is 13.8 Å². The molecule has 1 atom stereocenters. The van der Waals surface area contributed by atoms with Gasteiger partial charge in [0.25, 0.3) is 0 Å². The van der Waals surface area contributed by atoms with Crippen LogP contribution in [0.3, 0.4) is 0 Å². The van der Waals surface area contributed by atoms with Gasteiger partial charge in [-0.25, -0.2) is 0 Å². The van der Waals surface area contributed by atoms with Crippen LogP contribution in [-0.4, -0.2) is 25.9 Å². The highest BCUT2D eigenvalue weighted by molar-refractivity contribution is 7.44. The van der Waals surface area contributed by atoms with Gasteiger partial charge in [-0.2, -0.15) is 0 Å². The zero-order chi connectivity index (χ0) is 6.57. The largest absolute Gasteiger partial charge is 0.469 e. The SMILES string of the molecule is COC(=O)C[PH](C)=O. The van der Waals surface area contributed by atoms with Crippen molar-refractivity contribution in [1.29, 1.82) is 0 Å². The van der Waals surface area contributed by atoms with E-state index in [2.05, 4.69) is 4.74 Å². The maximum absolute atomic E-state index is 10.3. The van der Waals surface area contributed by atoms with Crippen molar-refractivity contribution in [2.45, 2.75) is 0 Å². The van der Waals surface area contributed by atoms with Crippen LogP contribution in [0.1, 0.15) is 0 Å². The highest BCUT2D eigenvalue weighted by Gasteiger charge is 2.00. The lowest BCUT2D eigenvalue weighted by molar-refractivity contribution is -0.137. The standard InChI is InChI=1S/C4H9O3P/c1-7-4(5)3-8(2)6/h8H,3H2,1-2H3. The van der Waals surface area contributed by atoms with E-state index in [0.717, 1.165) is 0 Å². The first kappa shape index (κ1) is 7.70. The van der Waals surface area contributed by atoms with E-state index in [-0.39, 0.29) is 6.16 Å². The fraction of sp³-hybridized carbons (Fsp3) is 0.750. The van der Waals surface area contributed by atoms with Crippen LogP contribution in [0.2, 0.25) is 0 Å². The van der Waals surface area contributed by atoms with Crippen molar-refractivity contribution in [3.05, 3.63) is 0 Å². The molecule has 3 nitrogen and oxygen atoms in total. The maximum atomic E-state index is 10.3. The Morgan fingerprint density at radius 2 is 2.25 bits per heavy atom. The number of carbonyl (C=O) groups excluding carboxylic acids is 1. The van der Waals surface area contributed by atoms with Gasteiger partial charge in [0.2, 0.25) is 0 Å². The van der Waals surface area contributed by atoms with Crippen LogP contribution in [0, 0.1) is 0 Å². The molecule has 0 saturated heterocycles. The molecule has 0 aromatic heterocycles. The average molecular weight is 136 g/mol. The molecule has 48 valence electrons. The Morgan fingerprint density at radius 3 is 2.38 bits per heavy atom. The Bertz CT molecular complexity index is 110.